The van der Waals surface area contributed by atoms with Crippen molar-refractivity contribution >= 4 is 35.8 Å². The van der Waals surface area contributed by atoms with Gasteiger partial charge in [0.1, 0.15) is 0 Å². The van der Waals surface area contributed by atoms with Crippen molar-refractivity contribution in [3.63, 3.8) is 0 Å². The second-order valence-electron chi connectivity index (χ2n) is 4.93. The lowest BCUT2D eigenvalue weighted by molar-refractivity contribution is -0.117. The molecular formula is C15H25ClN2O2S. The monoisotopic (exact) mass is 332 g/mol. The molecule has 0 saturated carbocycles. The summed E-state index contributed by atoms with van der Waals surface area (Å²) in [5.41, 5.74) is 7.67. The number of rotatable bonds is 8. The first-order chi connectivity index (χ1) is 9.52. The van der Waals surface area contributed by atoms with Gasteiger partial charge in [-0.05, 0) is 50.0 Å². The fourth-order valence-electron chi connectivity index (χ4n) is 1.56. The maximum Gasteiger partial charge on any atom is 0.241 e. The van der Waals surface area contributed by atoms with Crippen LogP contribution in [0.2, 0.25) is 0 Å². The van der Waals surface area contributed by atoms with Gasteiger partial charge in [-0.2, -0.15) is 11.8 Å². The Bertz CT molecular complexity index is 413. The molecule has 0 saturated heterocycles. The number of amides is 1. The molecule has 1 amide bonds. The minimum absolute atomic E-state index is 0. The molecule has 0 fully saturated rings. The van der Waals surface area contributed by atoms with Crippen LogP contribution in [0.4, 0.5) is 5.69 Å². The quantitative estimate of drug-likeness (QED) is 0.768. The molecule has 4 nitrogen and oxygen atoms in total. The Morgan fingerprint density at radius 3 is 2.48 bits per heavy atom. The van der Waals surface area contributed by atoms with Gasteiger partial charge >= 0.3 is 0 Å². The molecule has 0 aliphatic carbocycles. The van der Waals surface area contributed by atoms with Gasteiger partial charge in [-0.1, -0.05) is 12.1 Å². The highest BCUT2D eigenvalue weighted by Gasteiger charge is 2.12. The zero-order valence-corrected chi connectivity index (χ0v) is 14.4. The molecule has 0 heterocycles. The van der Waals surface area contributed by atoms with E-state index in [0.29, 0.717) is 13.0 Å². The van der Waals surface area contributed by atoms with Crippen molar-refractivity contribution in [2.75, 3.05) is 17.3 Å². The average molecular weight is 333 g/mol. The Hall–Kier alpha value is -0.750. The number of hydrogen-bond donors (Lipinski definition) is 2. The van der Waals surface area contributed by atoms with E-state index in [0.717, 1.165) is 17.0 Å². The van der Waals surface area contributed by atoms with Crippen LogP contribution >= 0.6 is 24.2 Å². The van der Waals surface area contributed by atoms with Crippen molar-refractivity contribution in [2.45, 2.75) is 39.0 Å². The first kappa shape index (κ1) is 20.2. The Labute approximate surface area is 137 Å². The number of nitrogens with two attached hydrogens (primary N) is 1. The Morgan fingerprint density at radius 1 is 1.33 bits per heavy atom. The maximum atomic E-state index is 11.8. The van der Waals surface area contributed by atoms with E-state index < -0.39 is 6.04 Å². The molecule has 1 atom stereocenters. The smallest absolute Gasteiger partial charge is 0.241 e. The van der Waals surface area contributed by atoms with Gasteiger partial charge in [-0.25, -0.2) is 0 Å². The normalized spacial score (nSPS) is 11.9. The number of carbonyl (C=O) groups excluding carboxylic acids is 1. The van der Waals surface area contributed by atoms with Crippen LogP contribution in [0.1, 0.15) is 25.8 Å². The third-order valence-electron chi connectivity index (χ3n) is 2.77. The van der Waals surface area contributed by atoms with Crippen molar-refractivity contribution < 1.29 is 9.53 Å². The Morgan fingerprint density at radius 2 is 1.95 bits per heavy atom. The van der Waals surface area contributed by atoms with E-state index in [2.05, 4.69) is 5.32 Å². The van der Waals surface area contributed by atoms with Gasteiger partial charge in [-0.3, -0.25) is 4.79 Å². The van der Waals surface area contributed by atoms with Gasteiger partial charge in [0.15, 0.2) is 0 Å². The van der Waals surface area contributed by atoms with Crippen molar-refractivity contribution in [3.05, 3.63) is 29.8 Å². The lowest BCUT2D eigenvalue weighted by atomic mass is 10.2. The largest absolute Gasteiger partial charge is 0.374 e. The zero-order valence-electron chi connectivity index (χ0n) is 12.8. The van der Waals surface area contributed by atoms with Crippen LogP contribution in [0.5, 0.6) is 0 Å². The lowest BCUT2D eigenvalue weighted by Crippen LogP contribution is -2.36. The standard InChI is InChI=1S/C15H24N2O2S.ClH/c1-11(2)19-10-12-4-6-13(7-5-12)17-15(18)14(16)8-9-20-3;/h4-7,11,14H,8-10,16H2,1-3H3,(H,17,18);1H/t14-;/m0./s1. The molecule has 6 heteroatoms. The van der Waals surface area contributed by atoms with E-state index in [4.69, 9.17) is 10.5 Å². The van der Waals surface area contributed by atoms with E-state index in [1.165, 1.54) is 0 Å². The van der Waals surface area contributed by atoms with Gasteiger partial charge in [0.2, 0.25) is 5.91 Å². The number of anilines is 1. The molecule has 120 valence electrons. The number of ether oxygens (including phenoxy) is 1. The summed E-state index contributed by atoms with van der Waals surface area (Å²) >= 11 is 1.69. The summed E-state index contributed by atoms with van der Waals surface area (Å²) in [5, 5.41) is 2.83. The van der Waals surface area contributed by atoms with Crippen LogP contribution in [0.25, 0.3) is 0 Å². The topological polar surface area (TPSA) is 64.4 Å². The van der Waals surface area contributed by atoms with E-state index in [1.54, 1.807) is 11.8 Å². The minimum Gasteiger partial charge on any atom is -0.374 e. The first-order valence-electron chi connectivity index (χ1n) is 6.79. The summed E-state index contributed by atoms with van der Waals surface area (Å²) < 4.78 is 5.52. The van der Waals surface area contributed by atoms with E-state index in [-0.39, 0.29) is 24.4 Å². The number of nitrogens with one attached hydrogen (secondary N) is 1. The number of thioether (sulfide) groups is 1. The van der Waals surface area contributed by atoms with Gasteiger partial charge < -0.3 is 15.8 Å². The summed E-state index contributed by atoms with van der Waals surface area (Å²) in [7, 11) is 0. The first-order valence-corrected chi connectivity index (χ1v) is 8.18. The molecule has 1 aromatic carbocycles. The molecule has 1 rings (SSSR count). The van der Waals surface area contributed by atoms with E-state index in [9.17, 15) is 4.79 Å². The molecule has 0 unspecified atom stereocenters. The van der Waals surface area contributed by atoms with Crippen LogP contribution in [0.3, 0.4) is 0 Å². The van der Waals surface area contributed by atoms with Crippen LogP contribution in [-0.2, 0) is 16.1 Å². The Kier molecular flexibility index (Phi) is 10.5. The summed E-state index contributed by atoms with van der Waals surface area (Å²) in [4.78, 5) is 11.8. The van der Waals surface area contributed by atoms with Crippen molar-refractivity contribution in [1.82, 2.24) is 0 Å². The number of benzene rings is 1. The molecular weight excluding hydrogens is 308 g/mol. The van der Waals surface area contributed by atoms with Crippen molar-refractivity contribution in [2.24, 2.45) is 5.73 Å². The van der Waals surface area contributed by atoms with Gasteiger partial charge in [0.25, 0.3) is 0 Å². The molecule has 0 spiro atoms. The summed E-state index contributed by atoms with van der Waals surface area (Å²) in [5.74, 6) is 0.755. The number of halogens is 1. The molecule has 0 bridgehead atoms. The molecule has 0 aromatic heterocycles. The van der Waals surface area contributed by atoms with Crippen LogP contribution in [0, 0.1) is 0 Å². The van der Waals surface area contributed by atoms with Crippen molar-refractivity contribution in [3.8, 4) is 0 Å². The van der Waals surface area contributed by atoms with Crippen LogP contribution in [0.15, 0.2) is 24.3 Å². The molecule has 0 radical (unpaired) electrons. The zero-order chi connectivity index (χ0) is 15.0. The highest BCUT2D eigenvalue weighted by Crippen LogP contribution is 2.12. The fraction of sp³-hybridized carbons (Fsp3) is 0.533. The summed E-state index contributed by atoms with van der Waals surface area (Å²) in [6, 6.07) is 7.19. The second-order valence-corrected chi connectivity index (χ2v) is 5.92. The molecule has 0 aliphatic rings. The molecule has 0 aliphatic heterocycles. The minimum atomic E-state index is -0.452. The van der Waals surface area contributed by atoms with E-state index in [1.807, 2.05) is 44.4 Å². The lowest BCUT2D eigenvalue weighted by Gasteiger charge is -2.12. The number of hydrogen-bond acceptors (Lipinski definition) is 4. The van der Waals surface area contributed by atoms with Crippen LogP contribution in [-0.4, -0.2) is 30.1 Å². The van der Waals surface area contributed by atoms with Gasteiger partial charge in [-0.15, -0.1) is 12.4 Å². The summed E-state index contributed by atoms with van der Waals surface area (Å²) in [6.07, 6.45) is 2.90. The molecule has 3 N–H and O–H groups in total. The van der Waals surface area contributed by atoms with Gasteiger partial charge in [0, 0.05) is 5.69 Å². The van der Waals surface area contributed by atoms with E-state index >= 15 is 0 Å². The SMILES string of the molecule is CSCC[C@H](N)C(=O)Nc1ccc(COC(C)C)cc1.Cl. The van der Waals surface area contributed by atoms with Crippen LogP contribution < -0.4 is 11.1 Å². The predicted octanol–water partition coefficient (Wildman–Crippen LogP) is 3.05. The van der Waals surface area contributed by atoms with Gasteiger partial charge in [0.05, 0.1) is 18.8 Å². The third-order valence-corrected chi connectivity index (χ3v) is 3.42. The molecule has 21 heavy (non-hydrogen) atoms. The molecule has 1 aromatic rings. The fourth-order valence-corrected chi connectivity index (χ4v) is 2.05. The predicted molar refractivity (Wildman–Crippen MR) is 93.2 cm³/mol. The summed E-state index contributed by atoms with van der Waals surface area (Å²) in [6.45, 7) is 4.59. The Balaban J connectivity index is 0.00000400. The second kappa shape index (κ2) is 10.9. The highest BCUT2D eigenvalue weighted by atomic mass is 35.5. The number of carbonyl (C=O) groups is 1. The maximum absolute atomic E-state index is 11.8. The van der Waals surface area contributed by atoms with Crippen molar-refractivity contribution in [1.29, 1.82) is 0 Å². The third kappa shape index (κ3) is 8.31. The average Bonchev–Trinajstić information content (AvgIpc) is 2.43. The highest BCUT2D eigenvalue weighted by molar-refractivity contribution is 7.98.